The molecule has 2 aliphatic rings. The van der Waals surface area contributed by atoms with Crippen LogP contribution in [0.5, 0.6) is 0 Å². The molecule has 2 heteroatoms. The lowest BCUT2D eigenvalue weighted by Crippen LogP contribution is -2.22. The van der Waals surface area contributed by atoms with E-state index in [0.717, 1.165) is 30.7 Å². The molecule has 0 radical (unpaired) electrons. The van der Waals surface area contributed by atoms with Crippen LogP contribution in [-0.4, -0.2) is 11.4 Å². The van der Waals surface area contributed by atoms with Gasteiger partial charge in [0.15, 0.2) is 0 Å². The quantitative estimate of drug-likeness (QED) is 0.391. The third-order valence-corrected chi connectivity index (χ3v) is 6.90. The molecular formula is C34H42N2. The van der Waals surface area contributed by atoms with Gasteiger partial charge in [-0.25, -0.2) is 0 Å². The molecule has 0 fully saturated rings. The number of benzene rings is 2. The van der Waals surface area contributed by atoms with Gasteiger partial charge in [0.1, 0.15) is 0 Å². The predicted molar refractivity (Wildman–Crippen MR) is 159 cm³/mol. The van der Waals surface area contributed by atoms with Crippen LogP contribution in [0.2, 0.25) is 0 Å². The van der Waals surface area contributed by atoms with Gasteiger partial charge in [0, 0.05) is 5.92 Å². The van der Waals surface area contributed by atoms with Crippen molar-refractivity contribution in [2.75, 3.05) is 0 Å². The van der Waals surface area contributed by atoms with Crippen molar-refractivity contribution in [3.05, 3.63) is 107 Å². The second-order valence-corrected chi connectivity index (χ2v) is 10.7. The average molecular weight is 479 g/mol. The number of rotatable bonds is 4. The Morgan fingerprint density at radius 3 is 1.97 bits per heavy atom. The normalized spacial score (nSPS) is 18.5. The van der Waals surface area contributed by atoms with Crippen LogP contribution < -0.4 is 0 Å². The smallest absolute Gasteiger partial charge is 0.0734 e. The summed E-state index contributed by atoms with van der Waals surface area (Å²) in [5, 5.41) is 9.29. The molecule has 1 heterocycles. The van der Waals surface area contributed by atoms with E-state index < -0.39 is 0 Å². The van der Waals surface area contributed by atoms with E-state index in [1.54, 1.807) is 0 Å². The fraction of sp³-hybridized carbons (Fsp3) is 0.353. The summed E-state index contributed by atoms with van der Waals surface area (Å²) in [5.41, 5.74) is 10.3. The van der Waals surface area contributed by atoms with Crippen molar-refractivity contribution in [3.63, 3.8) is 0 Å². The van der Waals surface area contributed by atoms with E-state index in [9.17, 15) is 0 Å². The SMILES string of the molecule is C/C=C\C(C)=C/C.CC1CC(C2=CC=C(C(C)(C)C)CC2)=NN=C1c1ccc(-c2ccccc2)cc1. The zero-order valence-electron chi connectivity index (χ0n) is 23.2. The van der Waals surface area contributed by atoms with Crippen molar-refractivity contribution in [1.82, 2.24) is 0 Å². The topological polar surface area (TPSA) is 24.7 Å². The van der Waals surface area contributed by atoms with Crippen LogP contribution >= 0.6 is 0 Å². The van der Waals surface area contributed by atoms with E-state index in [1.165, 1.54) is 33.4 Å². The van der Waals surface area contributed by atoms with Crippen molar-refractivity contribution in [3.8, 4) is 11.1 Å². The van der Waals surface area contributed by atoms with Crippen molar-refractivity contribution in [1.29, 1.82) is 0 Å². The minimum absolute atomic E-state index is 0.251. The lowest BCUT2D eigenvalue weighted by Gasteiger charge is -2.27. The highest BCUT2D eigenvalue weighted by Gasteiger charge is 2.25. The highest BCUT2D eigenvalue weighted by Crippen LogP contribution is 2.34. The fourth-order valence-corrected chi connectivity index (χ4v) is 4.50. The molecule has 36 heavy (non-hydrogen) atoms. The summed E-state index contributed by atoms with van der Waals surface area (Å²) in [4.78, 5) is 0. The lowest BCUT2D eigenvalue weighted by atomic mass is 9.79. The van der Waals surface area contributed by atoms with Gasteiger partial charge < -0.3 is 0 Å². The van der Waals surface area contributed by atoms with Gasteiger partial charge in [0.05, 0.1) is 11.4 Å². The Labute approximate surface area is 219 Å². The van der Waals surface area contributed by atoms with E-state index in [1.807, 2.05) is 26.0 Å². The van der Waals surface area contributed by atoms with Crippen molar-refractivity contribution in [2.45, 2.75) is 67.7 Å². The predicted octanol–water partition coefficient (Wildman–Crippen LogP) is 9.76. The molecule has 1 unspecified atom stereocenters. The molecule has 2 aromatic carbocycles. The van der Waals surface area contributed by atoms with Gasteiger partial charge in [0.25, 0.3) is 0 Å². The van der Waals surface area contributed by atoms with Gasteiger partial charge in [-0.2, -0.15) is 10.2 Å². The zero-order chi connectivity index (χ0) is 26.1. The largest absolute Gasteiger partial charge is 0.155 e. The van der Waals surface area contributed by atoms with E-state index in [4.69, 9.17) is 0 Å². The Morgan fingerprint density at radius 1 is 0.833 bits per heavy atom. The summed E-state index contributed by atoms with van der Waals surface area (Å²) in [6, 6.07) is 19.2. The maximum atomic E-state index is 4.65. The van der Waals surface area contributed by atoms with Gasteiger partial charge in [0.2, 0.25) is 0 Å². The summed E-state index contributed by atoms with van der Waals surface area (Å²) in [6.07, 6.45) is 13.9. The molecule has 0 N–H and O–H groups in total. The number of allylic oxidation sites excluding steroid dienone is 8. The van der Waals surface area contributed by atoms with E-state index in [-0.39, 0.29) is 5.41 Å². The summed E-state index contributed by atoms with van der Waals surface area (Å²) in [7, 11) is 0. The third kappa shape index (κ3) is 7.37. The van der Waals surface area contributed by atoms with Crippen LogP contribution in [0.4, 0.5) is 0 Å². The Kier molecular flexibility index (Phi) is 9.58. The van der Waals surface area contributed by atoms with Crippen LogP contribution in [0.1, 0.15) is 73.3 Å². The zero-order valence-corrected chi connectivity index (χ0v) is 23.2. The van der Waals surface area contributed by atoms with E-state index in [0.29, 0.717) is 5.92 Å². The molecule has 188 valence electrons. The van der Waals surface area contributed by atoms with E-state index in [2.05, 4.69) is 118 Å². The van der Waals surface area contributed by atoms with Crippen molar-refractivity contribution < 1.29 is 0 Å². The first-order valence-corrected chi connectivity index (χ1v) is 13.2. The second-order valence-electron chi connectivity index (χ2n) is 10.7. The molecule has 0 amide bonds. The van der Waals surface area contributed by atoms with Gasteiger partial charge in [-0.3, -0.25) is 0 Å². The van der Waals surface area contributed by atoms with Gasteiger partial charge in [-0.1, -0.05) is 124 Å². The Hall–Kier alpha value is -3.26. The second kappa shape index (κ2) is 12.6. The first-order valence-electron chi connectivity index (χ1n) is 13.2. The highest BCUT2D eigenvalue weighted by molar-refractivity contribution is 6.10. The molecule has 0 bridgehead atoms. The number of hydrogen-bond acceptors (Lipinski definition) is 2. The molecule has 1 aliphatic carbocycles. The van der Waals surface area contributed by atoms with Crippen LogP contribution in [0, 0.1) is 11.3 Å². The van der Waals surface area contributed by atoms with Gasteiger partial charge >= 0.3 is 0 Å². The fourth-order valence-electron chi connectivity index (χ4n) is 4.50. The monoisotopic (exact) mass is 478 g/mol. The average Bonchev–Trinajstić information content (AvgIpc) is 2.89. The van der Waals surface area contributed by atoms with Crippen molar-refractivity contribution >= 4 is 11.4 Å². The Balaban J connectivity index is 0.000000454. The number of nitrogens with zero attached hydrogens (tertiary/aromatic N) is 2. The summed E-state index contributed by atoms with van der Waals surface area (Å²) < 4.78 is 0. The molecule has 2 nitrogen and oxygen atoms in total. The van der Waals surface area contributed by atoms with Crippen LogP contribution in [0.25, 0.3) is 11.1 Å². The van der Waals surface area contributed by atoms with Crippen LogP contribution in [0.15, 0.2) is 112 Å². The molecule has 1 atom stereocenters. The van der Waals surface area contributed by atoms with E-state index >= 15 is 0 Å². The Bertz CT molecular complexity index is 1190. The third-order valence-electron chi connectivity index (χ3n) is 6.90. The summed E-state index contributed by atoms with van der Waals surface area (Å²) in [6.45, 7) is 15.3. The molecule has 0 saturated carbocycles. The lowest BCUT2D eigenvalue weighted by molar-refractivity contribution is 0.480. The minimum Gasteiger partial charge on any atom is -0.155 e. The first-order chi connectivity index (χ1) is 17.2. The molecule has 0 aromatic heterocycles. The summed E-state index contributed by atoms with van der Waals surface area (Å²) >= 11 is 0. The minimum atomic E-state index is 0.251. The first kappa shape index (κ1) is 27.3. The highest BCUT2D eigenvalue weighted by atomic mass is 15.2. The molecule has 2 aromatic rings. The molecule has 4 rings (SSSR count). The maximum Gasteiger partial charge on any atom is 0.0734 e. The molecule has 1 aliphatic heterocycles. The Morgan fingerprint density at radius 2 is 1.47 bits per heavy atom. The van der Waals surface area contributed by atoms with Crippen LogP contribution in [-0.2, 0) is 0 Å². The maximum absolute atomic E-state index is 4.65. The molecule has 0 spiro atoms. The van der Waals surface area contributed by atoms with Gasteiger partial charge in [-0.15, -0.1) is 0 Å². The summed E-state index contributed by atoms with van der Waals surface area (Å²) in [5.74, 6) is 0.374. The van der Waals surface area contributed by atoms with Crippen molar-refractivity contribution in [2.24, 2.45) is 21.5 Å². The molecular weight excluding hydrogens is 436 g/mol. The molecule has 0 saturated heterocycles. The number of hydrogen-bond donors (Lipinski definition) is 0. The van der Waals surface area contributed by atoms with Crippen LogP contribution in [0.3, 0.4) is 0 Å². The standard InChI is InChI=1S/C27H30N2.C7H12/c1-19-18-25(22-14-16-24(17-15-22)27(2,3)4)28-29-26(19)23-12-10-21(11-13-23)20-8-6-5-7-9-20;1-4-6-7(3)5-2/h5-14,16,19H,15,17-18H2,1-4H3;4-6H,1-3H3/b;6-4-,7-5-. The van der Waals surface area contributed by atoms with Gasteiger partial charge in [-0.05, 0) is 67.7 Å².